The van der Waals surface area contributed by atoms with Crippen LogP contribution < -0.4 is 4.90 Å². The molecule has 1 aromatic heterocycles. The van der Waals surface area contributed by atoms with Gasteiger partial charge in [0, 0.05) is 17.5 Å². The van der Waals surface area contributed by atoms with Gasteiger partial charge in [-0.3, -0.25) is 10.2 Å². The lowest BCUT2D eigenvalue weighted by atomic mass is 10.0. The molecule has 1 amide bonds. The zero-order chi connectivity index (χ0) is 19.7. The average Bonchev–Trinajstić information content (AvgIpc) is 3.26. The van der Waals surface area contributed by atoms with Gasteiger partial charge in [0.1, 0.15) is 5.25 Å². The van der Waals surface area contributed by atoms with E-state index < -0.39 is 0 Å². The summed E-state index contributed by atoms with van der Waals surface area (Å²) in [4.78, 5) is 19.9. The van der Waals surface area contributed by atoms with Crippen molar-refractivity contribution in [2.45, 2.75) is 31.4 Å². The number of carbonyl (C=O) groups excluding carboxylic acids is 1. The van der Waals surface area contributed by atoms with Gasteiger partial charge in [0.15, 0.2) is 10.3 Å². The van der Waals surface area contributed by atoms with Crippen molar-refractivity contribution >= 4 is 39.3 Å². The van der Waals surface area contributed by atoms with Crippen molar-refractivity contribution < 1.29 is 4.79 Å². The summed E-state index contributed by atoms with van der Waals surface area (Å²) in [5.74, 6) is 0.426. The average molecular weight is 408 g/mol. The van der Waals surface area contributed by atoms with Crippen LogP contribution in [0.15, 0.2) is 60.8 Å². The van der Waals surface area contributed by atoms with E-state index in [0.717, 1.165) is 16.9 Å². The van der Waals surface area contributed by atoms with E-state index in [-0.39, 0.29) is 16.3 Å². The van der Waals surface area contributed by atoms with Gasteiger partial charge >= 0.3 is 0 Å². The third kappa shape index (κ3) is 3.75. The Bertz CT molecular complexity index is 996. The number of aromatic nitrogens is 1. The Morgan fingerprint density at radius 2 is 1.82 bits per heavy atom. The van der Waals surface area contributed by atoms with Crippen molar-refractivity contribution in [1.29, 1.82) is 5.41 Å². The van der Waals surface area contributed by atoms with Crippen LogP contribution in [0.1, 0.15) is 46.6 Å². The predicted molar refractivity (Wildman–Crippen MR) is 117 cm³/mol. The Hall–Kier alpha value is -2.44. The van der Waals surface area contributed by atoms with Gasteiger partial charge in [0.25, 0.3) is 5.91 Å². The standard InChI is InChI=1S/C22H21N3OS2/c1-14(2)16-10-8-15(9-11-16)12-18-13-24-22(27-18)25-20(26)19(28-21(25)23)17-6-4-3-5-7-17/h3-11,13-14,19,23H,12H2,1-2H3. The van der Waals surface area contributed by atoms with Gasteiger partial charge in [-0.05, 0) is 22.6 Å². The van der Waals surface area contributed by atoms with Crippen LogP contribution in [-0.2, 0) is 11.2 Å². The van der Waals surface area contributed by atoms with Crippen LogP contribution in [-0.4, -0.2) is 16.1 Å². The number of anilines is 1. The summed E-state index contributed by atoms with van der Waals surface area (Å²) in [6.07, 6.45) is 2.60. The molecule has 4 rings (SSSR count). The van der Waals surface area contributed by atoms with E-state index >= 15 is 0 Å². The smallest absolute Gasteiger partial charge is 0.253 e. The molecule has 28 heavy (non-hydrogen) atoms. The Kier molecular flexibility index (Phi) is 5.33. The molecule has 1 fully saturated rings. The van der Waals surface area contributed by atoms with Crippen molar-refractivity contribution in [2.75, 3.05) is 4.90 Å². The molecular formula is C22H21N3OS2. The largest absolute Gasteiger partial charge is 0.278 e. The van der Waals surface area contributed by atoms with Gasteiger partial charge in [0.2, 0.25) is 0 Å². The highest BCUT2D eigenvalue weighted by atomic mass is 32.2. The van der Waals surface area contributed by atoms with Crippen LogP contribution in [0.5, 0.6) is 0 Å². The van der Waals surface area contributed by atoms with Gasteiger partial charge < -0.3 is 0 Å². The molecule has 1 atom stereocenters. The molecule has 0 aliphatic carbocycles. The Morgan fingerprint density at radius 3 is 2.50 bits per heavy atom. The van der Waals surface area contributed by atoms with E-state index in [0.29, 0.717) is 11.0 Å². The lowest BCUT2D eigenvalue weighted by molar-refractivity contribution is -0.117. The SMILES string of the molecule is CC(C)c1ccc(Cc2cnc(N3C(=N)SC(c4ccccc4)C3=O)s2)cc1. The van der Waals surface area contributed by atoms with Crippen molar-refractivity contribution in [3.63, 3.8) is 0 Å². The molecule has 6 heteroatoms. The summed E-state index contributed by atoms with van der Waals surface area (Å²) in [5, 5.41) is 8.73. The van der Waals surface area contributed by atoms with Gasteiger partial charge in [-0.2, -0.15) is 0 Å². The molecule has 2 aromatic carbocycles. The molecule has 0 radical (unpaired) electrons. The molecule has 142 valence electrons. The van der Waals surface area contributed by atoms with Crippen LogP contribution in [0.25, 0.3) is 0 Å². The Morgan fingerprint density at radius 1 is 1.11 bits per heavy atom. The molecule has 0 bridgehead atoms. The normalized spacial score (nSPS) is 17.0. The molecule has 3 aromatic rings. The molecule has 4 nitrogen and oxygen atoms in total. The maximum atomic E-state index is 12.9. The molecule has 1 aliphatic heterocycles. The second-order valence-corrected chi connectivity index (χ2v) is 9.26. The number of thiazole rings is 1. The first kappa shape index (κ1) is 18.9. The fraction of sp³-hybridized carbons (Fsp3) is 0.227. The highest BCUT2D eigenvalue weighted by Gasteiger charge is 2.40. The summed E-state index contributed by atoms with van der Waals surface area (Å²) >= 11 is 2.75. The fourth-order valence-corrected chi connectivity index (χ4v) is 5.17. The van der Waals surface area contributed by atoms with Gasteiger partial charge in [0.05, 0.1) is 0 Å². The minimum absolute atomic E-state index is 0.0941. The highest BCUT2D eigenvalue weighted by Crippen LogP contribution is 2.42. The number of nitrogens with zero attached hydrogens (tertiary/aromatic N) is 2. The number of thioether (sulfide) groups is 1. The van der Waals surface area contributed by atoms with E-state index in [1.165, 1.54) is 39.1 Å². The molecule has 1 N–H and O–H groups in total. The van der Waals surface area contributed by atoms with E-state index in [4.69, 9.17) is 5.41 Å². The zero-order valence-corrected chi connectivity index (χ0v) is 17.4. The number of hydrogen-bond donors (Lipinski definition) is 1. The molecule has 0 saturated carbocycles. The molecular weight excluding hydrogens is 386 g/mol. The highest BCUT2D eigenvalue weighted by molar-refractivity contribution is 8.15. The molecule has 1 aliphatic rings. The number of carbonyl (C=O) groups is 1. The van der Waals surface area contributed by atoms with Crippen molar-refractivity contribution in [2.24, 2.45) is 0 Å². The van der Waals surface area contributed by atoms with E-state index in [1.807, 2.05) is 36.5 Å². The number of benzene rings is 2. The Labute approximate surface area is 173 Å². The number of amidine groups is 1. The van der Waals surface area contributed by atoms with E-state index in [2.05, 4.69) is 43.1 Å². The quantitative estimate of drug-likeness (QED) is 0.598. The van der Waals surface area contributed by atoms with Crippen LogP contribution in [0.3, 0.4) is 0 Å². The monoisotopic (exact) mass is 407 g/mol. The van der Waals surface area contributed by atoms with E-state index in [9.17, 15) is 4.79 Å². The summed E-state index contributed by atoms with van der Waals surface area (Å²) in [7, 11) is 0. The molecule has 0 spiro atoms. The predicted octanol–water partition coefficient (Wildman–Crippen LogP) is 5.61. The van der Waals surface area contributed by atoms with Crippen molar-refractivity contribution in [3.05, 3.63) is 82.4 Å². The second-order valence-electron chi connectivity index (χ2n) is 7.07. The molecule has 2 heterocycles. The number of hydrogen-bond acceptors (Lipinski definition) is 5. The van der Waals surface area contributed by atoms with Crippen LogP contribution in [0, 0.1) is 5.41 Å². The number of nitrogens with one attached hydrogen (secondary N) is 1. The lowest BCUT2D eigenvalue weighted by Crippen LogP contribution is -2.29. The van der Waals surface area contributed by atoms with Crippen molar-refractivity contribution in [3.8, 4) is 0 Å². The summed E-state index contributed by atoms with van der Waals surface area (Å²) < 4.78 is 0. The van der Waals surface area contributed by atoms with Gasteiger partial charge in [-0.15, -0.1) is 11.3 Å². The minimum Gasteiger partial charge on any atom is -0.278 e. The van der Waals surface area contributed by atoms with Gasteiger partial charge in [-0.1, -0.05) is 80.2 Å². The first-order chi connectivity index (χ1) is 13.5. The summed E-state index contributed by atoms with van der Waals surface area (Å²) in [5.41, 5.74) is 3.47. The summed E-state index contributed by atoms with van der Waals surface area (Å²) in [6.45, 7) is 4.38. The lowest BCUT2D eigenvalue weighted by Gasteiger charge is -2.11. The molecule has 1 saturated heterocycles. The van der Waals surface area contributed by atoms with Crippen LogP contribution in [0.2, 0.25) is 0 Å². The third-order valence-electron chi connectivity index (χ3n) is 4.74. The van der Waals surface area contributed by atoms with Gasteiger partial charge in [-0.25, -0.2) is 9.88 Å². The molecule has 1 unspecified atom stereocenters. The van der Waals surface area contributed by atoms with Crippen LogP contribution in [0.4, 0.5) is 5.13 Å². The zero-order valence-electron chi connectivity index (χ0n) is 15.8. The topological polar surface area (TPSA) is 57.1 Å². The second kappa shape index (κ2) is 7.89. The maximum Gasteiger partial charge on any atom is 0.253 e. The Balaban J connectivity index is 1.51. The van der Waals surface area contributed by atoms with Crippen LogP contribution >= 0.6 is 23.1 Å². The maximum absolute atomic E-state index is 12.9. The fourth-order valence-electron chi connectivity index (χ4n) is 3.16. The third-order valence-corrected chi connectivity index (χ3v) is 6.83. The number of rotatable bonds is 5. The summed E-state index contributed by atoms with van der Waals surface area (Å²) in [6, 6.07) is 18.3. The number of amides is 1. The van der Waals surface area contributed by atoms with Crippen molar-refractivity contribution in [1.82, 2.24) is 4.98 Å². The van der Waals surface area contributed by atoms with E-state index in [1.54, 1.807) is 0 Å². The minimum atomic E-state index is -0.371. The first-order valence-electron chi connectivity index (χ1n) is 9.20. The first-order valence-corrected chi connectivity index (χ1v) is 10.9.